The van der Waals surface area contributed by atoms with Gasteiger partial charge in [-0.1, -0.05) is 0 Å². The third kappa shape index (κ3) is 3.13. The summed E-state index contributed by atoms with van der Waals surface area (Å²) in [5.41, 5.74) is 0.627. The molecule has 4 heteroatoms. The van der Waals surface area contributed by atoms with Gasteiger partial charge < -0.3 is 4.74 Å². The molecule has 0 saturated carbocycles. The zero-order chi connectivity index (χ0) is 11.1. The van der Waals surface area contributed by atoms with Crippen LogP contribution in [0.25, 0.3) is 0 Å². The maximum atomic E-state index is 10.9. The second-order valence-corrected chi connectivity index (χ2v) is 2.48. The van der Waals surface area contributed by atoms with Gasteiger partial charge in [-0.3, -0.25) is 0 Å². The SMILES string of the molecule is CCOC(=O)C#Cc1ncccc1C#N. The van der Waals surface area contributed by atoms with Crippen molar-refractivity contribution in [1.29, 1.82) is 5.26 Å². The summed E-state index contributed by atoms with van der Waals surface area (Å²) in [6.45, 7) is 1.97. The molecule has 74 valence electrons. The Morgan fingerprint density at radius 1 is 1.67 bits per heavy atom. The van der Waals surface area contributed by atoms with Gasteiger partial charge in [-0.05, 0) is 25.0 Å². The molecule has 0 fully saturated rings. The van der Waals surface area contributed by atoms with E-state index in [4.69, 9.17) is 5.26 Å². The van der Waals surface area contributed by atoms with Crippen LogP contribution in [0, 0.1) is 23.2 Å². The Kier molecular flexibility index (Phi) is 3.88. The highest BCUT2D eigenvalue weighted by Gasteiger charge is 1.99. The van der Waals surface area contributed by atoms with Gasteiger partial charge in [0.25, 0.3) is 0 Å². The molecule has 4 nitrogen and oxygen atoms in total. The molecule has 1 rings (SSSR count). The number of rotatable bonds is 1. The molecular weight excluding hydrogens is 192 g/mol. The maximum Gasteiger partial charge on any atom is 0.384 e. The summed E-state index contributed by atoms with van der Waals surface area (Å²) in [5, 5.41) is 8.71. The molecule has 0 aromatic carbocycles. The van der Waals surface area contributed by atoms with Crippen LogP contribution in [0.1, 0.15) is 18.2 Å². The zero-order valence-electron chi connectivity index (χ0n) is 8.15. The summed E-state index contributed by atoms with van der Waals surface area (Å²) in [5.74, 6) is 4.12. The minimum absolute atomic E-state index is 0.279. The van der Waals surface area contributed by atoms with Crippen molar-refractivity contribution in [2.45, 2.75) is 6.92 Å². The van der Waals surface area contributed by atoms with Crippen molar-refractivity contribution in [3.8, 4) is 17.9 Å². The lowest BCUT2D eigenvalue weighted by molar-refractivity contribution is -0.136. The second kappa shape index (κ2) is 5.41. The first-order chi connectivity index (χ1) is 7.27. The largest absolute Gasteiger partial charge is 0.456 e. The van der Waals surface area contributed by atoms with E-state index in [1.807, 2.05) is 6.07 Å². The summed E-state index contributed by atoms with van der Waals surface area (Å²) in [7, 11) is 0. The molecule has 0 radical (unpaired) electrons. The Hall–Kier alpha value is -2.33. The van der Waals surface area contributed by atoms with Crippen LogP contribution in [-0.2, 0) is 9.53 Å². The number of carbonyl (C=O) groups excluding carboxylic acids is 1. The van der Waals surface area contributed by atoms with Crippen LogP contribution in [0.3, 0.4) is 0 Å². The molecule has 15 heavy (non-hydrogen) atoms. The van der Waals surface area contributed by atoms with Crippen LogP contribution in [0.4, 0.5) is 0 Å². The number of ether oxygens (including phenoxy) is 1. The molecule has 1 heterocycles. The number of pyridine rings is 1. The average Bonchev–Trinajstić information content (AvgIpc) is 2.27. The maximum absolute atomic E-state index is 10.9. The summed E-state index contributed by atoms with van der Waals surface area (Å²) in [6.07, 6.45) is 1.51. The van der Waals surface area contributed by atoms with Crippen molar-refractivity contribution < 1.29 is 9.53 Å². The summed E-state index contributed by atoms with van der Waals surface area (Å²) in [6, 6.07) is 5.15. The topological polar surface area (TPSA) is 63.0 Å². The van der Waals surface area contributed by atoms with Crippen LogP contribution in [0.2, 0.25) is 0 Å². The lowest BCUT2D eigenvalue weighted by Gasteiger charge is -1.92. The predicted octanol–water partition coefficient (Wildman–Crippen LogP) is 0.868. The smallest absolute Gasteiger partial charge is 0.384 e. The minimum Gasteiger partial charge on any atom is -0.456 e. The van der Waals surface area contributed by atoms with Crippen molar-refractivity contribution >= 4 is 5.97 Å². The molecule has 0 saturated heterocycles. The average molecular weight is 200 g/mol. The number of aromatic nitrogens is 1. The van der Waals surface area contributed by atoms with Gasteiger partial charge in [0.15, 0.2) is 0 Å². The fraction of sp³-hybridized carbons (Fsp3) is 0.182. The first-order valence-corrected chi connectivity index (χ1v) is 4.31. The number of carbonyl (C=O) groups is 1. The predicted molar refractivity (Wildman–Crippen MR) is 52.5 cm³/mol. The van der Waals surface area contributed by atoms with E-state index in [-0.39, 0.29) is 12.3 Å². The molecule has 1 aromatic heterocycles. The fourth-order valence-electron chi connectivity index (χ4n) is 0.873. The molecule has 1 aromatic rings. The van der Waals surface area contributed by atoms with E-state index in [9.17, 15) is 4.79 Å². The molecule has 0 atom stereocenters. The van der Waals surface area contributed by atoms with Crippen molar-refractivity contribution in [2.75, 3.05) is 6.61 Å². The van der Waals surface area contributed by atoms with E-state index in [0.717, 1.165) is 0 Å². The Labute approximate surface area is 87.5 Å². The van der Waals surface area contributed by atoms with Crippen molar-refractivity contribution in [3.63, 3.8) is 0 Å². The Balaban J connectivity index is 2.89. The van der Waals surface area contributed by atoms with E-state index in [1.54, 1.807) is 19.1 Å². The number of hydrogen-bond donors (Lipinski definition) is 0. The van der Waals surface area contributed by atoms with Gasteiger partial charge in [-0.15, -0.1) is 0 Å². The fourth-order valence-corrected chi connectivity index (χ4v) is 0.873. The van der Waals surface area contributed by atoms with E-state index in [1.165, 1.54) is 6.20 Å². The lowest BCUT2D eigenvalue weighted by Crippen LogP contribution is -2.00. The zero-order valence-corrected chi connectivity index (χ0v) is 8.15. The molecule has 0 aliphatic carbocycles. The summed E-state index contributed by atoms with van der Waals surface area (Å²) >= 11 is 0. The van der Waals surface area contributed by atoms with Gasteiger partial charge >= 0.3 is 5.97 Å². The molecule has 0 aliphatic rings. The quantitative estimate of drug-likeness (QED) is 0.498. The van der Waals surface area contributed by atoms with Crippen LogP contribution < -0.4 is 0 Å². The summed E-state index contributed by atoms with van der Waals surface area (Å²) < 4.78 is 4.61. The van der Waals surface area contributed by atoms with Gasteiger partial charge in [-0.25, -0.2) is 9.78 Å². The van der Waals surface area contributed by atoms with Crippen LogP contribution in [0.5, 0.6) is 0 Å². The van der Waals surface area contributed by atoms with Crippen LogP contribution >= 0.6 is 0 Å². The number of nitriles is 1. The molecule has 0 unspecified atom stereocenters. The van der Waals surface area contributed by atoms with Crippen molar-refractivity contribution in [2.24, 2.45) is 0 Å². The van der Waals surface area contributed by atoms with Gasteiger partial charge in [0.2, 0.25) is 0 Å². The third-order valence-electron chi connectivity index (χ3n) is 1.49. The Morgan fingerprint density at radius 2 is 2.47 bits per heavy atom. The highest BCUT2D eigenvalue weighted by Crippen LogP contribution is 2.00. The van der Waals surface area contributed by atoms with Gasteiger partial charge in [0.1, 0.15) is 11.8 Å². The normalized spacial score (nSPS) is 8.27. The van der Waals surface area contributed by atoms with Crippen LogP contribution in [0.15, 0.2) is 18.3 Å². The number of nitrogens with zero attached hydrogens (tertiary/aromatic N) is 2. The minimum atomic E-state index is -0.618. The molecule has 0 amide bonds. The van der Waals surface area contributed by atoms with Gasteiger partial charge in [0.05, 0.1) is 12.2 Å². The first kappa shape index (κ1) is 10.7. The highest BCUT2D eigenvalue weighted by molar-refractivity contribution is 5.89. The molecule has 0 spiro atoms. The van der Waals surface area contributed by atoms with E-state index < -0.39 is 5.97 Å². The van der Waals surface area contributed by atoms with E-state index >= 15 is 0 Å². The van der Waals surface area contributed by atoms with Crippen molar-refractivity contribution in [1.82, 2.24) is 4.98 Å². The number of hydrogen-bond acceptors (Lipinski definition) is 4. The highest BCUT2D eigenvalue weighted by atomic mass is 16.5. The van der Waals surface area contributed by atoms with Crippen molar-refractivity contribution in [3.05, 3.63) is 29.6 Å². The summed E-state index contributed by atoms with van der Waals surface area (Å²) in [4.78, 5) is 14.8. The van der Waals surface area contributed by atoms with Gasteiger partial charge in [0, 0.05) is 12.1 Å². The second-order valence-electron chi connectivity index (χ2n) is 2.48. The number of esters is 1. The third-order valence-corrected chi connectivity index (χ3v) is 1.49. The van der Waals surface area contributed by atoms with E-state index in [0.29, 0.717) is 5.56 Å². The van der Waals surface area contributed by atoms with Crippen LogP contribution in [-0.4, -0.2) is 17.6 Å². The Bertz CT molecular complexity index is 463. The molecule has 0 N–H and O–H groups in total. The monoisotopic (exact) mass is 200 g/mol. The first-order valence-electron chi connectivity index (χ1n) is 4.31. The molecular formula is C11H8N2O2. The Morgan fingerprint density at radius 3 is 3.13 bits per heavy atom. The molecule has 0 bridgehead atoms. The lowest BCUT2D eigenvalue weighted by atomic mass is 10.2. The van der Waals surface area contributed by atoms with E-state index in [2.05, 4.69) is 21.6 Å². The van der Waals surface area contributed by atoms with Gasteiger partial charge in [-0.2, -0.15) is 5.26 Å². The molecule has 0 aliphatic heterocycles. The standard InChI is InChI=1S/C11H8N2O2/c1-2-15-11(14)6-5-10-9(8-12)4-3-7-13-10/h3-4,7H,2H2,1H3.